The van der Waals surface area contributed by atoms with Crippen LogP contribution in [0.25, 0.3) is 10.2 Å². The first-order chi connectivity index (χ1) is 12.5. The van der Waals surface area contributed by atoms with E-state index in [1.165, 1.54) is 6.42 Å². The molecule has 1 fully saturated rings. The lowest BCUT2D eigenvalue weighted by Crippen LogP contribution is -2.45. The summed E-state index contributed by atoms with van der Waals surface area (Å²) in [5, 5.41) is 3.93. The fourth-order valence-electron chi connectivity index (χ4n) is 3.49. The van der Waals surface area contributed by atoms with Crippen molar-refractivity contribution in [3.05, 3.63) is 29.3 Å². The molecule has 5 nitrogen and oxygen atoms in total. The predicted octanol–water partition coefficient (Wildman–Crippen LogP) is 3.71. The van der Waals surface area contributed by atoms with Gasteiger partial charge in [-0.3, -0.25) is 9.59 Å². The van der Waals surface area contributed by atoms with Gasteiger partial charge in [0.05, 0.1) is 21.6 Å². The third kappa shape index (κ3) is 4.81. The topological polar surface area (TPSA) is 68.3 Å². The van der Waals surface area contributed by atoms with Gasteiger partial charge in [-0.2, -0.15) is 0 Å². The fourth-order valence-corrected chi connectivity index (χ4v) is 4.46. The van der Waals surface area contributed by atoms with E-state index in [-0.39, 0.29) is 30.9 Å². The number of rotatable bonds is 6. The van der Waals surface area contributed by atoms with Gasteiger partial charge in [0.1, 0.15) is 0 Å². The van der Waals surface area contributed by atoms with Crippen molar-refractivity contribution in [1.29, 1.82) is 0 Å². The smallest absolute Gasteiger partial charge is 0.306 e. The van der Waals surface area contributed by atoms with Crippen molar-refractivity contribution in [2.45, 2.75) is 52.0 Å². The number of hydrogen-bond acceptors (Lipinski definition) is 5. The average molecular weight is 375 g/mol. The molecule has 1 aliphatic carbocycles. The monoisotopic (exact) mass is 374 g/mol. The zero-order valence-corrected chi connectivity index (χ0v) is 16.2. The Labute approximate surface area is 158 Å². The number of aromatic nitrogens is 1. The van der Waals surface area contributed by atoms with Gasteiger partial charge in [-0.15, -0.1) is 11.3 Å². The molecule has 1 aromatic heterocycles. The Morgan fingerprint density at radius 1 is 1.27 bits per heavy atom. The minimum Gasteiger partial charge on any atom is -0.456 e. The standard InChI is InChI=1S/C20H26N2O3S/c1-13-6-5-8-15(14(13)2)21-18(23)12-25-20(24)11-10-19-22-16-7-3-4-9-17(16)26-19/h3-4,7,9,13-15H,5-6,8,10-12H2,1-2H3,(H,21,23)/t13-,14+,15-/m0/s1. The van der Waals surface area contributed by atoms with Gasteiger partial charge >= 0.3 is 5.97 Å². The molecule has 26 heavy (non-hydrogen) atoms. The van der Waals surface area contributed by atoms with Crippen molar-refractivity contribution in [3.8, 4) is 0 Å². The van der Waals surface area contributed by atoms with Gasteiger partial charge in [0.25, 0.3) is 5.91 Å². The van der Waals surface area contributed by atoms with Crippen LogP contribution < -0.4 is 5.32 Å². The predicted molar refractivity (Wildman–Crippen MR) is 103 cm³/mol. The van der Waals surface area contributed by atoms with Crippen LogP contribution in [0.4, 0.5) is 0 Å². The first-order valence-electron chi connectivity index (χ1n) is 9.32. The average Bonchev–Trinajstić information content (AvgIpc) is 3.05. The molecule has 6 heteroatoms. The highest BCUT2D eigenvalue weighted by Crippen LogP contribution is 2.29. The number of carbonyl (C=O) groups excluding carboxylic acids is 2. The van der Waals surface area contributed by atoms with E-state index in [9.17, 15) is 9.59 Å². The Bertz CT molecular complexity index is 740. The minimum absolute atomic E-state index is 0.188. The largest absolute Gasteiger partial charge is 0.456 e. The molecule has 2 aromatic rings. The van der Waals surface area contributed by atoms with E-state index < -0.39 is 0 Å². The summed E-state index contributed by atoms with van der Waals surface area (Å²) in [7, 11) is 0. The zero-order valence-electron chi connectivity index (χ0n) is 15.4. The summed E-state index contributed by atoms with van der Waals surface area (Å²) in [6.45, 7) is 4.21. The maximum absolute atomic E-state index is 12.1. The number of amides is 1. The molecule has 1 aromatic carbocycles. The van der Waals surface area contributed by atoms with E-state index in [0.717, 1.165) is 28.1 Å². The van der Waals surface area contributed by atoms with Crippen LogP contribution in [0.5, 0.6) is 0 Å². The lowest BCUT2D eigenvalue weighted by molar-refractivity contribution is -0.148. The van der Waals surface area contributed by atoms with Crippen LogP contribution in [0.1, 0.15) is 44.5 Å². The van der Waals surface area contributed by atoms with Gasteiger partial charge in [-0.05, 0) is 30.4 Å². The van der Waals surface area contributed by atoms with E-state index in [1.807, 2.05) is 24.3 Å². The highest BCUT2D eigenvalue weighted by Gasteiger charge is 2.28. The minimum atomic E-state index is -0.357. The summed E-state index contributed by atoms with van der Waals surface area (Å²) < 4.78 is 6.25. The number of hydrogen-bond donors (Lipinski definition) is 1. The summed E-state index contributed by atoms with van der Waals surface area (Å²) >= 11 is 1.59. The van der Waals surface area contributed by atoms with Gasteiger partial charge in [0.2, 0.25) is 0 Å². The van der Waals surface area contributed by atoms with Crippen LogP contribution in [0.2, 0.25) is 0 Å². The number of esters is 1. The lowest BCUT2D eigenvalue weighted by Gasteiger charge is -2.34. The highest BCUT2D eigenvalue weighted by atomic mass is 32.1. The van der Waals surface area contributed by atoms with Crippen LogP contribution >= 0.6 is 11.3 Å². The summed E-state index contributed by atoms with van der Waals surface area (Å²) in [6, 6.07) is 8.10. The van der Waals surface area contributed by atoms with Crippen molar-refractivity contribution in [2.24, 2.45) is 11.8 Å². The number of ether oxygens (including phenoxy) is 1. The van der Waals surface area contributed by atoms with Crippen LogP contribution in [0.3, 0.4) is 0 Å². The van der Waals surface area contributed by atoms with E-state index in [1.54, 1.807) is 11.3 Å². The maximum atomic E-state index is 12.1. The quantitative estimate of drug-likeness (QED) is 0.783. The van der Waals surface area contributed by atoms with Gasteiger partial charge in [-0.1, -0.05) is 38.8 Å². The number of nitrogens with zero attached hydrogens (tertiary/aromatic N) is 1. The number of aryl methyl sites for hydroxylation is 1. The summed E-state index contributed by atoms with van der Waals surface area (Å²) in [4.78, 5) is 28.5. The first-order valence-corrected chi connectivity index (χ1v) is 10.1. The summed E-state index contributed by atoms with van der Waals surface area (Å²) in [6.07, 6.45) is 4.14. The Morgan fingerprint density at radius 2 is 2.08 bits per heavy atom. The zero-order chi connectivity index (χ0) is 18.5. The summed E-state index contributed by atoms with van der Waals surface area (Å²) in [5.41, 5.74) is 0.955. The highest BCUT2D eigenvalue weighted by molar-refractivity contribution is 7.18. The molecule has 3 rings (SSSR count). The molecule has 1 amide bonds. The van der Waals surface area contributed by atoms with Crippen molar-refractivity contribution in [3.63, 3.8) is 0 Å². The van der Waals surface area contributed by atoms with E-state index in [4.69, 9.17) is 4.74 Å². The second kappa shape index (κ2) is 8.62. The Kier molecular flexibility index (Phi) is 6.25. The number of carbonyl (C=O) groups is 2. The molecule has 0 aliphatic heterocycles. The molecule has 3 atom stereocenters. The molecular weight excluding hydrogens is 348 g/mol. The van der Waals surface area contributed by atoms with Gasteiger partial charge < -0.3 is 10.1 Å². The third-order valence-electron chi connectivity index (χ3n) is 5.30. The Morgan fingerprint density at radius 3 is 2.88 bits per heavy atom. The summed E-state index contributed by atoms with van der Waals surface area (Å²) in [5.74, 6) is 0.515. The van der Waals surface area contributed by atoms with Crippen molar-refractivity contribution in [2.75, 3.05) is 6.61 Å². The fraction of sp³-hybridized carbons (Fsp3) is 0.550. The van der Waals surface area contributed by atoms with Crippen molar-refractivity contribution >= 4 is 33.4 Å². The van der Waals surface area contributed by atoms with Gasteiger partial charge in [0, 0.05) is 12.5 Å². The van der Waals surface area contributed by atoms with Crippen LogP contribution in [0, 0.1) is 11.8 Å². The molecule has 0 unspecified atom stereocenters. The maximum Gasteiger partial charge on any atom is 0.306 e. The Balaban J connectivity index is 1.40. The molecule has 140 valence electrons. The van der Waals surface area contributed by atoms with Gasteiger partial charge in [-0.25, -0.2) is 4.98 Å². The molecular formula is C20H26N2O3S. The van der Waals surface area contributed by atoms with E-state index >= 15 is 0 Å². The number of nitrogens with one attached hydrogen (secondary N) is 1. The number of thiazole rings is 1. The van der Waals surface area contributed by atoms with Crippen molar-refractivity contribution in [1.82, 2.24) is 10.3 Å². The number of benzene rings is 1. The van der Waals surface area contributed by atoms with E-state index in [2.05, 4.69) is 24.1 Å². The van der Waals surface area contributed by atoms with Crippen LogP contribution in [-0.4, -0.2) is 29.5 Å². The molecule has 0 radical (unpaired) electrons. The second-order valence-electron chi connectivity index (χ2n) is 7.18. The molecule has 1 aliphatic rings. The Hall–Kier alpha value is -1.95. The molecule has 0 saturated heterocycles. The lowest BCUT2D eigenvalue weighted by atomic mass is 9.78. The molecule has 1 N–H and O–H groups in total. The molecule has 1 saturated carbocycles. The normalized spacial score (nSPS) is 22.9. The van der Waals surface area contributed by atoms with Crippen molar-refractivity contribution < 1.29 is 14.3 Å². The van der Waals surface area contributed by atoms with Gasteiger partial charge in [0.15, 0.2) is 6.61 Å². The SMILES string of the molecule is C[C@H]1[C@@H](NC(=O)COC(=O)CCc2nc3ccccc3s2)CCC[C@@H]1C. The molecule has 0 bridgehead atoms. The second-order valence-corrected chi connectivity index (χ2v) is 8.29. The molecule has 0 spiro atoms. The van der Waals surface area contributed by atoms with Crippen LogP contribution in [0.15, 0.2) is 24.3 Å². The van der Waals surface area contributed by atoms with E-state index in [0.29, 0.717) is 18.3 Å². The first kappa shape index (κ1) is 18.8. The number of fused-ring (bicyclic) bond motifs is 1. The number of para-hydroxylation sites is 1. The van der Waals surface area contributed by atoms with Crippen LogP contribution in [-0.2, 0) is 20.7 Å². The third-order valence-corrected chi connectivity index (χ3v) is 6.39. The molecule has 1 heterocycles.